The number of hydrogen-bond acceptors (Lipinski definition) is 3. The Balaban J connectivity index is 2.99. The molecule has 0 aliphatic heterocycles. The first-order valence-electron chi connectivity index (χ1n) is 1.41. The first-order chi connectivity index (χ1) is 2.81. The number of rotatable bonds is 1. The molecular weight excluding hydrogens is 97.0 g/mol. The van der Waals surface area contributed by atoms with Gasteiger partial charge in [-0.05, 0) is 0 Å². The molecule has 4 heteroatoms. The molecule has 6 heavy (non-hydrogen) atoms. The number of hydrogen-bond donors (Lipinski definition) is 1. The SMILES string of the molecule is NCC(=O)[O][Al+]. The molecule has 2 N–H and O–H groups in total. The van der Waals surface area contributed by atoms with Crippen molar-refractivity contribution in [2.45, 2.75) is 0 Å². The van der Waals surface area contributed by atoms with Gasteiger partial charge >= 0.3 is 43.5 Å². The van der Waals surface area contributed by atoms with Gasteiger partial charge in [0.15, 0.2) is 0 Å². The van der Waals surface area contributed by atoms with Crippen LogP contribution in [0.5, 0.6) is 0 Å². The summed E-state index contributed by atoms with van der Waals surface area (Å²) >= 11 is 1.81. The summed E-state index contributed by atoms with van der Waals surface area (Å²) in [6.45, 7) is -0.0521. The molecule has 0 unspecified atom stereocenters. The summed E-state index contributed by atoms with van der Waals surface area (Å²) in [5.74, 6) is -0.417. The van der Waals surface area contributed by atoms with Gasteiger partial charge in [-0.25, -0.2) is 0 Å². The van der Waals surface area contributed by atoms with Gasteiger partial charge in [0.2, 0.25) is 0 Å². The number of nitrogens with two attached hydrogens (primary N) is 1. The van der Waals surface area contributed by atoms with Gasteiger partial charge in [-0.2, -0.15) is 0 Å². The quantitative estimate of drug-likeness (QED) is 0.412. The van der Waals surface area contributed by atoms with E-state index in [1.165, 1.54) is 0 Å². The Kier molecular flexibility index (Phi) is 3.14. The van der Waals surface area contributed by atoms with Crippen molar-refractivity contribution in [3.8, 4) is 0 Å². The van der Waals surface area contributed by atoms with Crippen LogP contribution in [0, 0.1) is 0 Å². The van der Waals surface area contributed by atoms with Crippen LogP contribution in [0.15, 0.2) is 0 Å². The molecule has 0 aromatic rings. The molecule has 0 rings (SSSR count). The van der Waals surface area contributed by atoms with Crippen LogP contribution >= 0.6 is 0 Å². The first kappa shape index (κ1) is 5.96. The second-order valence-electron chi connectivity index (χ2n) is 0.694. The number of carbonyl (C=O) groups is 1. The van der Waals surface area contributed by atoms with Gasteiger partial charge in [0.05, 0.1) is 0 Å². The van der Waals surface area contributed by atoms with Crippen LogP contribution in [0.1, 0.15) is 0 Å². The van der Waals surface area contributed by atoms with Crippen LogP contribution in [-0.2, 0) is 8.58 Å². The summed E-state index contributed by atoms with van der Waals surface area (Å²) in [5, 5.41) is 0. The zero-order chi connectivity index (χ0) is 4.99. The molecule has 0 heterocycles. The Morgan fingerprint density at radius 2 is 2.50 bits per heavy atom. The van der Waals surface area contributed by atoms with Crippen LogP contribution in [0.4, 0.5) is 0 Å². The van der Waals surface area contributed by atoms with E-state index in [1.807, 2.05) is 16.6 Å². The van der Waals surface area contributed by atoms with Crippen molar-refractivity contribution in [3.63, 3.8) is 0 Å². The standard InChI is InChI=1S/C2H5NO2.Al/c3-1-2(4)5;/h1,3H2,(H,4,5);/q;+2/p-1. The molecule has 0 aliphatic rings. The van der Waals surface area contributed by atoms with E-state index in [-0.39, 0.29) is 6.54 Å². The monoisotopic (exact) mass is 101 g/mol. The fraction of sp³-hybridized carbons (Fsp3) is 0.500. The van der Waals surface area contributed by atoms with Gasteiger partial charge in [0.1, 0.15) is 0 Å². The van der Waals surface area contributed by atoms with E-state index >= 15 is 0 Å². The summed E-state index contributed by atoms with van der Waals surface area (Å²) in [6.07, 6.45) is 0. The predicted octanol–water partition coefficient (Wildman–Crippen LogP) is -1.43. The predicted molar refractivity (Wildman–Crippen MR) is 20.9 cm³/mol. The fourth-order valence-corrected chi connectivity index (χ4v) is 0.144. The van der Waals surface area contributed by atoms with Crippen LogP contribution in [-0.4, -0.2) is 29.1 Å². The number of carbonyl (C=O) groups excluding carboxylic acids is 1. The van der Waals surface area contributed by atoms with E-state index < -0.39 is 5.97 Å². The fourth-order valence-electron chi connectivity index (χ4n) is 0.0481. The van der Waals surface area contributed by atoms with E-state index in [1.54, 1.807) is 0 Å². The molecule has 0 aromatic carbocycles. The molecule has 31 valence electrons. The molecule has 0 saturated heterocycles. The Labute approximate surface area is 44.2 Å². The average Bonchev–Trinajstić information content (AvgIpc) is 1.65. The zero-order valence-corrected chi connectivity index (χ0v) is 4.33. The van der Waals surface area contributed by atoms with Crippen molar-refractivity contribution in [1.29, 1.82) is 0 Å². The van der Waals surface area contributed by atoms with Crippen LogP contribution in [0.3, 0.4) is 0 Å². The van der Waals surface area contributed by atoms with Crippen molar-refractivity contribution in [2.24, 2.45) is 5.73 Å². The summed E-state index contributed by atoms with van der Waals surface area (Å²) in [6, 6.07) is 0. The Morgan fingerprint density at radius 1 is 2.00 bits per heavy atom. The summed E-state index contributed by atoms with van der Waals surface area (Å²) in [5.41, 5.74) is 4.79. The molecule has 0 aromatic heterocycles. The third kappa shape index (κ3) is 2.21. The van der Waals surface area contributed by atoms with Gasteiger partial charge < -0.3 is 0 Å². The molecule has 0 amide bonds. The van der Waals surface area contributed by atoms with Gasteiger partial charge in [-0.1, -0.05) is 0 Å². The third-order valence-corrected chi connectivity index (χ3v) is 0.561. The van der Waals surface area contributed by atoms with Crippen molar-refractivity contribution in [1.82, 2.24) is 0 Å². The topological polar surface area (TPSA) is 52.3 Å². The van der Waals surface area contributed by atoms with Crippen molar-refractivity contribution < 1.29 is 8.58 Å². The molecule has 0 atom stereocenters. The zero-order valence-electron chi connectivity index (χ0n) is 3.18. The minimum absolute atomic E-state index is 0.0521. The summed E-state index contributed by atoms with van der Waals surface area (Å²) in [7, 11) is 0. The minimum atomic E-state index is -0.417. The van der Waals surface area contributed by atoms with E-state index in [0.717, 1.165) is 0 Å². The van der Waals surface area contributed by atoms with Gasteiger partial charge in [-0.15, -0.1) is 0 Å². The van der Waals surface area contributed by atoms with E-state index in [4.69, 9.17) is 5.73 Å². The van der Waals surface area contributed by atoms with Gasteiger partial charge in [-0.3, -0.25) is 0 Å². The molecule has 1 radical (unpaired) electrons. The maximum atomic E-state index is 9.81. The Bertz CT molecular complexity index is 49.5. The molecular formula is C2H4AlNO2+. The molecule has 0 spiro atoms. The van der Waals surface area contributed by atoms with Crippen LogP contribution < -0.4 is 5.73 Å². The van der Waals surface area contributed by atoms with Gasteiger partial charge in [0.25, 0.3) is 0 Å². The Hall–Kier alpha value is -0.0375. The summed E-state index contributed by atoms with van der Waals surface area (Å²) in [4.78, 5) is 9.81. The van der Waals surface area contributed by atoms with Crippen molar-refractivity contribution in [3.05, 3.63) is 0 Å². The van der Waals surface area contributed by atoms with Crippen LogP contribution in [0.25, 0.3) is 0 Å². The third-order valence-electron chi connectivity index (χ3n) is 0.298. The van der Waals surface area contributed by atoms with E-state index in [9.17, 15) is 4.79 Å². The van der Waals surface area contributed by atoms with Crippen molar-refractivity contribution in [2.75, 3.05) is 6.54 Å². The average molecular weight is 101 g/mol. The molecule has 0 aliphatic carbocycles. The maximum absolute atomic E-state index is 9.81. The summed E-state index contributed by atoms with van der Waals surface area (Å²) < 4.78 is 4.05. The normalized spacial score (nSPS) is 7.33. The van der Waals surface area contributed by atoms with Crippen molar-refractivity contribution >= 4 is 22.6 Å². The van der Waals surface area contributed by atoms with E-state index in [2.05, 4.69) is 3.79 Å². The molecule has 0 fully saturated rings. The molecule has 0 saturated carbocycles. The molecule has 3 nitrogen and oxygen atoms in total. The molecule has 0 bridgehead atoms. The van der Waals surface area contributed by atoms with E-state index in [0.29, 0.717) is 0 Å². The second kappa shape index (κ2) is 3.16. The second-order valence-corrected chi connectivity index (χ2v) is 0.930. The Morgan fingerprint density at radius 3 is 2.50 bits per heavy atom. The first-order valence-corrected chi connectivity index (χ1v) is 1.88. The van der Waals surface area contributed by atoms with Gasteiger partial charge in [0, 0.05) is 0 Å². The van der Waals surface area contributed by atoms with Crippen LogP contribution in [0.2, 0.25) is 0 Å².